The van der Waals surface area contributed by atoms with Crippen LogP contribution in [0, 0.1) is 6.92 Å². The molecule has 2 aromatic carbocycles. The van der Waals surface area contributed by atoms with Crippen molar-refractivity contribution in [3.63, 3.8) is 0 Å². The van der Waals surface area contributed by atoms with Crippen molar-refractivity contribution in [1.82, 2.24) is 4.90 Å². The lowest BCUT2D eigenvalue weighted by molar-refractivity contribution is 0.205. The predicted octanol–water partition coefficient (Wildman–Crippen LogP) is 3.89. The van der Waals surface area contributed by atoms with Gasteiger partial charge in [0.15, 0.2) is 0 Å². The minimum absolute atomic E-state index is 0.137. The number of hydrogen-bond donors (Lipinski definition) is 2. The van der Waals surface area contributed by atoms with Crippen molar-refractivity contribution < 1.29 is 14.6 Å². The number of likely N-dealkylation sites (tertiary alicyclic amines) is 1. The van der Waals surface area contributed by atoms with Gasteiger partial charge in [-0.2, -0.15) is 0 Å². The van der Waals surface area contributed by atoms with Crippen LogP contribution in [-0.2, 0) is 6.54 Å². The normalized spacial score (nSPS) is 16.0. The Kier molecular flexibility index (Phi) is 4.62. The number of phenols is 2. The van der Waals surface area contributed by atoms with Crippen molar-refractivity contribution in [2.75, 3.05) is 13.1 Å². The molecule has 0 bridgehead atoms. The average molecular weight is 365 g/mol. The molecule has 0 spiro atoms. The Morgan fingerprint density at radius 2 is 1.78 bits per heavy atom. The van der Waals surface area contributed by atoms with Crippen molar-refractivity contribution in [3.05, 3.63) is 69.6 Å². The van der Waals surface area contributed by atoms with Crippen LogP contribution in [0.15, 0.2) is 51.7 Å². The lowest BCUT2D eigenvalue weighted by atomic mass is 9.89. The second kappa shape index (κ2) is 7.08. The fourth-order valence-electron chi connectivity index (χ4n) is 3.96. The summed E-state index contributed by atoms with van der Waals surface area (Å²) in [7, 11) is 0. The fourth-order valence-corrected chi connectivity index (χ4v) is 3.96. The first-order chi connectivity index (χ1) is 13.0. The molecule has 5 nitrogen and oxygen atoms in total. The van der Waals surface area contributed by atoms with E-state index in [0.29, 0.717) is 29.4 Å². The zero-order chi connectivity index (χ0) is 19.0. The van der Waals surface area contributed by atoms with E-state index in [1.54, 1.807) is 31.2 Å². The van der Waals surface area contributed by atoms with Crippen LogP contribution >= 0.6 is 0 Å². The summed E-state index contributed by atoms with van der Waals surface area (Å²) in [6.07, 6.45) is 2.09. The second-order valence-corrected chi connectivity index (χ2v) is 7.32. The van der Waals surface area contributed by atoms with Crippen LogP contribution < -0.4 is 5.63 Å². The number of nitrogens with zero attached hydrogens (tertiary/aromatic N) is 1. The number of rotatable bonds is 3. The number of hydrogen-bond acceptors (Lipinski definition) is 5. The highest BCUT2D eigenvalue weighted by molar-refractivity contribution is 5.84. The van der Waals surface area contributed by atoms with Gasteiger partial charge in [-0.05, 0) is 74.2 Å². The van der Waals surface area contributed by atoms with Crippen molar-refractivity contribution in [2.24, 2.45) is 0 Å². The van der Waals surface area contributed by atoms with Crippen LogP contribution in [0.3, 0.4) is 0 Å². The Morgan fingerprint density at radius 3 is 2.48 bits per heavy atom. The van der Waals surface area contributed by atoms with E-state index in [1.165, 1.54) is 5.56 Å². The largest absolute Gasteiger partial charge is 0.508 e. The molecule has 2 heterocycles. The lowest BCUT2D eigenvalue weighted by Gasteiger charge is -2.32. The number of phenolic OH excluding ortho intramolecular Hbond substituents is 2. The van der Waals surface area contributed by atoms with Gasteiger partial charge in [0.05, 0.1) is 0 Å². The van der Waals surface area contributed by atoms with Gasteiger partial charge < -0.3 is 14.6 Å². The summed E-state index contributed by atoms with van der Waals surface area (Å²) >= 11 is 0. The topological polar surface area (TPSA) is 73.9 Å². The lowest BCUT2D eigenvalue weighted by Crippen LogP contribution is -2.32. The van der Waals surface area contributed by atoms with Gasteiger partial charge >= 0.3 is 5.63 Å². The minimum atomic E-state index is -0.384. The average Bonchev–Trinajstić information content (AvgIpc) is 2.66. The van der Waals surface area contributed by atoms with Gasteiger partial charge in [-0.15, -0.1) is 0 Å². The first-order valence-electron chi connectivity index (χ1n) is 9.28. The van der Waals surface area contributed by atoms with Crippen molar-refractivity contribution in [3.8, 4) is 11.5 Å². The van der Waals surface area contributed by atoms with E-state index in [1.807, 2.05) is 18.2 Å². The molecule has 3 aromatic rings. The molecule has 0 radical (unpaired) electrons. The van der Waals surface area contributed by atoms with Crippen molar-refractivity contribution >= 4 is 11.0 Å². The third kappa shape index (κ3) is 3.55. The Balaban J connectivity index is 1.52. The highest BCUT2D eigenvalue weighted by Crippen LogP contribution is 2.31. The molecule has 140 valence electrons. The van der Waals surface area contributed by atoms with E-state index in [4.69, 9.17) is 4.42 Å². The SMILES string of the molecule is Cc1c(O)ccc2c(CN3CCC(c4ccc(O)cc4)CC3)cc(=O)oc12. The second-order valence-electron chi connectivity index (χ2n) is 7.32. The molecule has 0 saturated carbocycles. The molecule has 1 aliphatic heterocycles. The third-order valence-electron chi connectivity index (χ3n) is 5.56. The smallest absolute Gasteiger partial charge is 0.336 e. The first kappa shape index (κ1) is 17.6. The number of piperidine rings is 1. The predicted molar refractivity (Wildman–Crippen MR) is 104 cm³/mol. The van der Waals surface area contributed by atoms with Gasteiger partial charge in [-0.3, -0.25) is 4.90 Å². The molecule has 4 rings (SSSR count). The molecule has 0 amide bonds. The first-order valence-corrected chi connectivity index (χ1v) is 9.28. The van der Waals surface area contributed by atoms with Crippen LogP contribution in [-0.4, -0.2) is 28.2 Å². The highest BCUT2D eigenvalue weighted by Gasteiger charge is 2.22. The Labute approximate surface area is 157 Å². The van der Waals surface area contributed by atoms with E-state index in [2.05, 4.69) is 4.90 Å². The standard InChI is InChI=1S/C22H23NO4/c1-14-20(25)7-6-19-17(12-21(26)27-22(14)19)13-23-10-8-16(9-11-23)15-2-4-18(24)5-3-15/h2-7,12,16,24-25H,8-11,13H2,1H3. The monoisotopic (exact) mass is 365 g/mol. The Hall–Kier alpha value is -2.79. The van der Waals surface area contributed by atoms with Crippen LogP contribution in [0.2, 0.25) is 0 Å². The Bertz CT molecular complexity index is 1010. The summed E-state index contributed by atoms with van der Waals surface area (Å²) in [5.74, 6) is 0.934. The molecule has 0 unspecified atom stereocenters. The van der Waals surface area contributed by atoms with Crippen LogP contribution in [0.4, 0.5) is 0 Å². The summed E-state index contributed by atoms with van der Waals surface area (Å²) in [6.45, 7) is 4.34. The number of benzene rings is 2. The number of aromatic hydroxyl groups is 2. The van der Waals surface area contributed by atoms with Crippen molar-refractivity contribution in [1.29, 1.82) is 0 Å². The van der Waals surface area contributed by atoms with Crippen LogP contribution in [0.25, 0.3) is 11.0 Å². The maximum absolute atomic E-state index is 12.0. The van der Waals surface area contributed by atoms with Crippen LogP contribution in [0.5, 0.6) is 11.5 Å². The molecule has 1 aliphatic rings. The molecule has 1 fully saturated rings. The van der Waals surface area contributed by atoms with Gasteiger partial charge in [0.25, 0.3) is 0 Å². The van der Waals surface area contributed by atoms with Crippen LogP contribution in [0.1, 0.15) is 35.4 Å². The number of fused-ring (bicyclic) bond motifs is 1. The van der Waals surface area contributed by atoms with Gasteiger partial charge in [-0.25, -0.2) is 4.79 Å². The number of aryl methyl sites for hydroxylation is 1. The highest BCUT2D eigenvalue weighted by atomic mass is 16.4. The van der Waals surface area contributed by atoms with Gasteiger partial charge in [-0.1, -0.05) is 12.1 Å². The molecule has 2 N–H and O–H groups in total. The molecule has 0 aliphatic carbocycles. The zero-order valence-corrected chi connectivity index (χ0v) is 15.3. The molecule has 5 heteroatoms. The summed E-state index contributed by atoms with van der Waals surface area (Å²) in [4.78, 5) is 14.3. The minimum Gasteiger partial charge on any atom is -0.508 e. The summed E-state index contributed by atoms with van der Waals surface area (Å²) < 4.78 is 5.33. The zero-order valence-electron chi connectivity index (χ0n) is 15.3. The Morgan fingerprint density at radius 1 is 1.07 bits per heavy atom. The van der Waals surface area contributed by atoms with E-state index < -0.39 is 0 Å². The van der Waals surface area contributed by atoms with E-state index >= 15 is 0 Å². The van der Waals surface area contributed by atoms with E-state index in [9.17, 15) is 15.0 Å². The fraction of sp³-hybridized carbons (Fsp3) is 0.318. The van der Waals surface area contributed by atoms with E-state index in [0.717, 1.165) is 36.9 Å². The van der Waals surface area contributed by atoms with Crippen molar-refractivity contribution in [2.45, 2.75) is 32.2 Å². The quantitative estimate of drug-likeness (QED) is 0.689. The molecule has 0 atom stereocenters. The molecular formula is C22H23NO4. The van der Waals surface area contributed by atoms with Gasteiger partial charge in [0.1, 0.15) is 17.1 Å². The van der Waals surface area contributed by atoms with Gasteiger partial charge in [0.2, 0.25) is 0 Å². The maximum Gasteiger partial charge on any atom is 0.336 e. The molecule has 1 saturated heterocycles. The molecule has 1 aromatic heterocycles. The molecular weight excluding hydrogens is 342 g/mol. The summed E-state index contributed by atoms with van der Waals surface area (Å²) in [6, 6.07) is 12.5. The van der Waals surface area contributed by atoms with E-state index in [-0.39, 0.29) is 11.4 Å². The summed E-state index contributed by atoms with van der Waals surface area (Å²) in [5.41, 5.74) is 2.89. The third-order valence-corrected chi connectivity index (χ3v) is 5.56. The van der Waals surface area contributed by atoms with Gasteiger partial charge in [0, 0.05) is 23.6 Å². The summed E-state index contributed by atoms with van der Waals surface area (Å²) in [5, 5.41) is 20.2. The maximum atomic E-state index is 12.0. The molecule has 27 heavy (non-hydrogen) atoms.